The molecular formula is C35H54BrN5O7. The van der Waals surface area contributed by atoms with Gasteiger partial charge in [-0.25, -0.2) is 9.78 Å². The molecule has 0 bridgehead atoms. The fraction of sp³-hybridized carbons (Fsp3) is 0.657. The second-order valence-electron chi connectivity index (χ2n) is 12.0. The lowest BCUT2D eigenvalue weighted by molar-refractivity contribution is -0.151. The van der Waals surface area contributed by atoms with Crippen LogP contribution < -0.4 is 15.4 Å². The van der Waals surface area contributed by atoms with Gasteiger partial charge in [0.25, 0.3) is 0 Å². The zero-order valence-electron chi connectivity index (χ0n) is 28.6. The van der Waals surface area contributed by atoms with E-state index in [0.717, 1.165) is 73.7 Å². The Bertz CT molecular complexity index is 1200. The van der Waals surface area contributed by atoms with Gasteiger partial charge in [0.15, 0.2) is 6.10 Å². The second kappa shape index (κ2) is 23.4. The zero-order chi connectivity index (χ0) is 34.4. The fourth-order valence-electron chi connectivity index (χ4n) is 4.93. The quantitative estimate of drug-likeness (QED) is 0.0846. The van der Waals surface area contributed by atoms with Crippen LogP contribution in [0.25, 0.3) is 0 Å². The molecule has 48 heavy (non-hydrogen) atoms. The number of rotatable bonds is 27. The molecule has 1 aliphatic rings. The van der Waals surface area contributed by atoms with Crippen LogP contribution in [0.2, 0.25) is 0 Å². The minimum absolute atomic E-state index is 0.226. The highest BCUT2D eigenvalue weighted by Crippen LogP contribution is 2.28. The number of unbranched alkanes of at least 4 members (excludes halogenated alkanes) is 2. The lowest BCUT2D eigenvalue weighted by Gasteiger charge is -2.29. The van der Waals surface area contributed by atoms with Crippen LogP contribution >= 0.6 is 15.9 Å². The van der Waals surface area contributed by atoms with Gasteiger partial charge < -0.3 is 39.6 Å². The summed E-state index contributed by atoms with van der Waals surface area (Å²) in [5, 5.41) is 15.7. The van der Waals surface area contributed by atoms with Crippen molar-refractivity contribution in [2.45, 2.75) is 83.7 Å². The molecule has 1 unspecified atom stereocenters. The van der Waals surface area contributed by atoms with E-state index in [4.69, 9.17) is 18.9 Å². The number of hydrogen-bond donors (Lipinski definition) is 3. The number of halogens is 1. The van der Waals surface area contributed by atoms with Crippen molar-refractivity contribution >= 4 is 45.3 Å². The number of carbonyl (C=O) groups excluding carboxylic acids is 1. The normalized spacial score (nSPS) is 13.5. The van der Waals surface area contributed by atoms with Gasteiger partial charge in [0.2, 0.25) is 11.9 Å². The van der Waals surface area contributed by atoms with Crippen LogP contribution in [0.5, 0.6) is 5.75 Å². The fourth-order valence-corrected chi connectivity index (χ4v) is 5.26. The van der Waals surface area contributed by atoms with E-state index in [0.29, 0.717) is 77.3 Å². The molecule has 2 aromatic rings. The Hall–Kier alpha value is -3.00. The van der Waals surface area contributed by atoms with Gasteiger partial charge in [0.1, 0.15) is 11.6 Å². The third-order valence-electron chi connectivity index (χ3n) is 8.02. The summed E-state index contributed by atoms with van der Waals surface area (Å²) in [6, 6.07) is 7.67. The Morgan fingerprint density at radius 3 is 2.31 bits per heavy atom. The number of anilines is 3. The largest absolute Gasteiger partial charge is 0.494 e. The molecule has 1 amide bonds. The molecule has 1 aromatic heterocycles. The zero-order valence-corrected chi connectivity index (χ0v) is 30.2. The topological polar surface area (TPSA) is 144 Å². The van der Waals surface area contributed by atoms with E-state index in [2.05, 4.69) is 36.5 Å². The molecule has 1 saturated carbocycles. The molecule has 0 spiro atoms. The van der Waals surface area contributed by atoms with Crippen LogP contribution in [-0.2, 0) is 23.8 Å². The van der Waals surface area contributed by atoms with Crippen molar-refractivity contribution in [3.05, 3.63) is 34.9 Å². The number of nitrogens with one attached hydrogen (secondary N) is 2. The average molecular weight is 737 g/mol. The summed E-state index contributed by atoms with van der Waals surface area (Å²) in [5.74, 6) is 1.56. The van der Waals surface area contributed by atoms with Gasteiger partial charge in [-0.2, -0.15) is 4.98 Å². The van der Waals surface area contributed by atoms with Crippen LogP contribution in [0.1, 0.15) is 77.6 Å². The van der Waals surface area contributed by atoms with Gasteiger partial charge in [-0.3, -0.25) is 4.79 Å². The molecule has 0 aliphatic heterocycles. The third kappa shape index (κ3) is 15.5. The first kappa shape index (κ1) is 39.4. The predicted molar refractivity (Wildman–Crippen MR) is 190 cm³/mol. The summed E-state index contributed by atoms with van der Waals surface area (Å²) in [5.41, 5.74) is 0.849. The second-order valence-corrected chi connectivity index (χ2v) is 12.9. The minimum Gasteiger partial charge on any atom is -0.494 e. The van der Waals surface area contributed by atoms with Crippen molar-refractivity contribution in [1.82, 2.24) is 14.9 Å². The van der Waals surface area contributed by atoms with Crippen LogP contribution in [0.4, 0.5) is 17.5 Å². The van der Waals surface area contributed by atoms with Crippen molar-refractivity contribution in [3.8, 4) is 5.75 Å². The average Bonchev–Trinajstić information content (AvgIpc) is 3.05. The van der Waals surface area contributed by atoms with Crippen molar-refractivity contribution < 1.29 is 33.6 Å². The third-order valence-corrected chi connectivity index (χ3v) is 8.60. The molecule has 3 N–H and O–H groups in total. The Morgan fingerprint density at radius 1 is 0.979 bits per heavy atom. The molecule has 268 valence electrons. The SMILES string of the molecule is CCCCC(OCCCOCCCCOCCCOc1ccc(Nc2ncc(Br)c(NCCCN(C)C(=O)C3CCC3)n2)cc1)C(=O)O. The number of nitrogens with zero attached hydrogens (tertiary/aromatic N) is 3. The highest BCUT2D eigenvalue weighted by atomic mass is 79.9. The van der Waals surface area contributed by atoms with E-state index in [1.165, 1.54) is 0 Å². The molecule has 13 heteroatoms. The molecule has 1 atom stereocenters. The number of carbonyl (C=O) groups is 2. The van der Waals surface area contributed by atoms with Crippen LogP contribution in [0, 0.1) is 5.92 Å². The number of aromatic nitrogens is 2. The molecule has 1 aliphatic carbocycles. The van der Waals surface area contributed by atoms with Crippen molar-refractivity contribution in [1.29, 1.82) is 0 Å². The van der Waals surface area contributed by atoms with Crippen molar-refractivity contribution in [3.63, 3.8) is 0 Å². The molecular weight excluding hydrogens is 682 g/mol. The van der Waals surface area contributed by atoms with Gasteiger partial charge in [-0.15, -0.1) is 0 Å². The lowest BCUT2D eigenvalue weighted by atomic mass is 9.84. The molecule has 12 nitrogen and oxygen atoms in total. The number of ether oxygens (including phenoxy) is 4. The Kier molecular flexibility index (Phi) is 19.2. The lowest BCUT2D eigenvalue weighted by Crippen LogP contribution is -2.37. The predicted octanol–water partition coefficient (Wildman–Crippen LogP) is 6.68. The summed E-state index contributed by atoms with van der Waals surface area (Å²) in [7, 11) is 1.88. The van der Waals surface area contributed by atoms with Crippen LogP contribution in [-0.4, -0.2) is 97.7 Å². The van der Waals surface area contributed by atoms with E-state index < -0.39 is 12.1 Å². The maximum Gasteiger partial charge on any atom is 0.332 e. The first-order valence-corrected chi connectivity index (χ1v) is 18.2. The standard InChI is InChI=1S/C35H54BrN5O7/c1-3-4-13-31(34(43)44)48-25-10-23-46-21-6-5-20-45-22-9-24-47-29-16-14-28(15-17-29)39-35-38-26-30(36)32(40-35)37-18-8-19-41(2)33(42)27-11-7-12-27/h14-17,26-27,31H,3-13,18-25H2,1-2H3,(H,43,44)(H2,37,38,39,40). The number of hydrogen-bond acceptors (Lipinski definition) is 10. The smallest absolute Gasteiger partial charge is 0.332 e. The highest BCUT2D eigenvalue weighted by molar-refractivity contribution is 9.10. The summed E-state index contributed by atoms with van der Waals surface area (Å²) in [6.07, 6.45) is 10.7. The van der Waals surface area contributed by atoms with Gasteiger partial charge in [-0.1, -0.05) is 26.2 Å². The van der Waals surface area contributed by atoms with Crippen molar-refractivity contribution in [2.24, 2.45) is 5.92 Å². The maximum absolute atomic E-state index is 12.3. The summed E-state index contributed by atoms with van der Waals surface area (Å²) >= 11 is 3.51. The first-order chi connectivity index (χ1) is 23.4. The number of benzene rings is 1. The van der Waals surface area contributed by atoms with E-state index in [1.807, 2.05) is 43.1 Å². The Balaban J connectivity index is 1.19. The molecule has 0 saturated heterocycles. The van der Waals surface area contributed by atoms with Crippen LogP contribution in [0.3, 0.4) is 0 Å². The monoisotopic (exact) mass is 735 g/mol. The van der Waals surface area contributed by atoms with E-state index >= 15 is 0 Å². The van der Waals surface area contributed by atoms with E-state index in [-0.39, 0.29) is 11.8 Å². The van der Waals surface area contributed by atoms with Gasteiger partial charge in [0.05, 0.1) is 11.1 Å². The molecule has 1 fully saturated rings. The van der Waals surface area contributed by atoms with Gasteiger partial charge in [0, 0.05) is 77.4 Å². The number of amides is 1. The molecule has 1 aromatic carbocycles. The van der Waals surface area contributed by atoms with Gasteiger partial charge >= 0.3 is 5.97 Å². The summed E-state index contributed by atoms with van der Waals surface area (Å²) in [4.78, 5) is 34.3. The van der Waals surface area contributed by atoms with E-state index in [1.54, 1.807) is 6.20 Å². The van der Waals surface area contributed by atoms with Crippen LogP contribution in [0.15, 0.2) is 34.9 Å². The maximum atomic E-state index is 12.3. The molecule has 3 rings (SSSR count). The highest BCUT2D eigenvalue weighted by Gasteiger charge is 2.27. The number of carboxylic acids is 1. The molecule has 0 radical (unpaired) electrons. The van der Waals surface area contributed by atoms with E-state index in [9.17, 15) is 14.7 Å². The minimum atomic E-state index is -0.888. The molecule has 1 heterocycles. The van der Waals surface area contributed by atoms with Gasteiger partial charge in [-0.05, 0) is 85.1 Å². The Labute approximate surface area is 293 Å². The Morgan fingerprint density at radius 2 is 1.67 bits per heavy atom. The summed E-state index contributed by atoms with van der Waals surface area (Å²) in [6.45, 7) is 6.94. The number of aliphatic carboxylic acids is 1. The summed E-state index contributed by atoms with van der Waals surface area (Å²) < 4.78 is 23.4. The first-order valence-electron chi connectivity index (χ1n) is 17.4. The van der Waals surface area contributed by atoms with Crippen molar-refractivity contribution in [2.75, 3.05) is 70.4 Å². The number of carboxylic acid groups (broad SMARTS) is 1.